The second kappa shape index (κ2) is 13.7. The third kappa shape index (κ3) is 37.1. The molecule has 0 radical (unpaired) electrons. The summed E-state index contributed by atoms with van der Waals surface area (Å²) in [6.07, 6.45) is 0. The van der Waals surface area contributed by atoms with Crippen LogP contribution in [-0.4, -0.2) is 33.8 Å². The zero-order chi connectivity index (χ0) is 20.0. The van der Waals surface area contributed by atoms with Gasteiger partial charge in [0.2, 0.25) is 0 Å². The molecule has 0 N–H and O–H groups in total. The van der Waals surface area contributed by atoms with E-state index in [-0.39, 0.29) is 54.2 Å². The van der Waals surface area contributed by atoms with Gasteiger partial charge in [-0.15, -0.1) is 0 Å². The molecule has 0 saturated carbocycles. The van der Waals surface area contributed by atoms with E-state index in [0.717, 1.165) is 11.7 Å². The van der Waals surface area contributed by atoms with Crippen LogP contribution < -0.4 is 0 Å². The Morgan fingerprint density at radius 3 is 0.815 bits per heavy atom. The standard InChI is InChI=1S/2C10H21N2.2O.W/c2*1-8(11-9(2,3)4)12-10(5,6)7;;;/h2*1-7H3;;;/q2*-1;2*-2;. The van der Waals surface area contributed by atoms with Crippen molar-refractivity contribution in [1.29, 1.82) is 0 Å². The van der Waals surface area contributed by atoms with Gasteiger partial charge in [-0.25, -0.2) is 0 Å². The summed E-state index contributed by atoms with van der Waals surface area (Å²) in [6, 6.07) is 0. The van der Waals surface area contributed by atoms with Crippen LogP contribution in [0.4, 0.5) is 0 Å². The van der Waals surface area contributed by atoms with Gasteiger partial charge >= 0.3 is 0 Å². The van der Waals surface area contributed by atoms with Crippen LogP contribution in [0.1, 0.15) is 96.9 Å². The van der Waals surface area contributed by atoms with E-state index in [1.165, 1.54) is 0 Å². The number of amidine groups is 2. The first-order valence-electron chi connectivity index (χ1n) is 8.79. The van der Waals surface area contributed by atoms with Gasteiger partial charge in [-0.05, 0) is 36.0 Å². The Hall–Kier alpha value is -0.452. The second-order valence-electron chi connectivity index (χ2n) is 10.2. The van der Waals surface area contributed by atoms with Crippen molar-refractivity contribution in [2.75, 3.05) is 0 Å². The van der Waals surface area contributed by atoms with Crippen LogP contribution >= 0.6 is 0 Å². The van der Waals surface area contributed by atoms with Gasteiger partial charge in [0.25, 0.3) is 0 Å². The van der Waals surface area contributed by atoms with E-state index < -0.39 is 0 Å². The third-order valence-electron chi connectivity index (χ3n) is 1.99. The molecule has 0 aliphatic carbocycles. The molecule has 0 rings (SSSR count). The van der Waals surface area contributed by atoms with Crippen molar-refractivity contribution < 1.29 is 32.0 Å². The van der Waals surface area contributed by atoms with Crippen LogP contribution in [0.3, 0.4) is 0 Å². The second-order valence-corrected chi connectivity index (χ2v) is 10.2. The Bertz CT molecular complexity index is 393. The molecule has 0 aliphatic rings. The van der Waals surface area contributed by atoms with Crippen molar-refractivity contribution in [2.45, 2.75) is 119 Å². The predicted octanol–water partition coefficient (Wildman–Crippen LogP) is 6.51. The maximum atomic E-state index is 4.44. The van der Waals surface area contributed by atoms with Crippen LogP contribution in [0.5, 0.6) is 0 Å². The number of rotatable bonds is 0. The quantitative estimate of drug-likeness (QED) is 0.240. The van der Waals surface area contributed by atoms with Crippen molar-refractivity contribution >= 4 is 11.7 Å². The Kier molecular flexibility index (Phi) is 18.9. The smallest absolute Gasteiger partial charge is 0 e. The van der Waals surface area contributed by atoms with E-state index in [9.17, 15) is 0 Å². The fraction of sp³-hybridized carbons (Fsp3) is 0.900. The Morgan fingerprint density at radius 2 is 0.704 bits per heavy atom. The first kappa shape index (κ1) is 37.3. The molecule has 0 saturated heterocycles. The average molecular weight is 554 g/mol. The van der Waals surface area contributed by atoms with E-state index in [2.05, 4.69) is 104 Å². The van der Waals surface area contributed by atoms with Crippen molar-refractivity contribution in [3.05, 3.63) is 10.6 Å². The summed E-state index contributed by atoms with van der Waals surface area (Å²) < 4.78 is 0. The molecule has 0 unspecified atom stereocenters. The van der Waals surface area contributed by atoms with Crippen molar-refractivity contribution in [3.8, 4) is 0 Å². The zero-order valence-electron chi connectivity index (χ0n) is 20.0. The molecule has 0 amide bonds. The van der Waals surface area contributed by atoms with Gasteiger partial charge in [0.15, 0.2) is 0 Å². The summed E-state index contributed by atoms with van der Waals surface area (Å²) in [7, 11) is 0. The van der Waals surface area contributed by atoms with Crippen LogP contribution in [-0.2, 0) is 32.0 Å². The van der Waals surface area contributed by atoms with Gasteiger partial charge in [-0.3, -0.25) is 0 Å². The molecule has 0 spiro atoms. The molecular formula is C20H42N4O2W-6. The van der Waals surface area contributed by atoms with E-state index >= 15 is 0 Å². The summed E-state index contributed by atoms with van der Waals surface area (Å²) in [6.45, 7) is 28.8. The fourth-order valence-corrected chi connectivity index (χ4v) is 1.99. The Balaban J connectivity index is -0.000000108. The Labute approximate surface area is 183 Å². The SMILES string of the molecule is CC(=NC(C)(C)C)[N-]C(C)(C)C.CC(=NC(C)(C)C)[N-]C(C)(C)C.[O-2].[O-2].[W]. The normalized spacial score (nSPS) is 13.1. The minimum Gasteiger partial charge on any atom is -2.00 e. The molecule has 0 aromatic carbocycles. The molecule has 0 fully saturated rings. The number of hydrogen-bond acceptors (Lipinski definition) is 2. The number of hydrogen-bond donors (Lipinski definition) is 0. The van der Waals surface area contributed by atoms with Crippen molar-refractivity contribution in [1.82, 2.24) is 0 Å². The first-order chi connectivity index (χ1) is 10.2. The minimum absolute atomic E-state index is 0. The molecule has 27 heavy (non-hydrogen) atoms. The molecule has 0 atom stereocenters. The van der Waals surface area contributed by atoms with Crippen LogP contribution in [0.15, 0.2) is 9.98 Å². The summed E-state index contributed by atoms with van der Waals surface area (Å²) in [5.41, 5.74) is -0.0602. The third-order valence-corrected chi connectivity index (χ3v) is 1.99. The Morgan fingerprint density at radius 1 is 0.519 bits per heavy atom. The van der Waals surface area contributed by atoms with Crippen molar-refractivity contribution in [2.24, 2.45) is 9.98 Å². The molecule has 0 aromatic heterocycles. The zero-order valence-corrected chi connectivity index (χ0v) is 22.9. The van der Waals surface area contributed by atoms with E-state index in [1.54, 1.807) is 0 Å². The van der Waals surface area contributed by atoms with E-state index in [1.807, 2.05) is 13.8 Å². The summed E-state index contributed by atoms with van der Waals surface area (Å²) in [5, 5.41) is 8.89. The summed E-state index contributed by atoms with van der Waals surface area (Å²) in [5.74, 6) is 1.77. The molecule has 0 aliphatic heterocycles. The molecule has 0 aromatic rings. The molecule has 6 nitrogen and oxygen atoms in total. The maximum absolute atomic E-state index is 4.44. The van der Waals surface area contributed by atoms with E-state index in [4.69, 9.17) is 0 Å². The molecule has 0 bridgehead atoms. The molecule has 0 heterocycles. The number of nitrogens with zero attached hydrogens (tertiary/aromatic N) is 4. The molecule has 166 valence electrons. The van der Waals surface area contributed by atoms with Gasteiger partial charge in [0.1, 0.15) is 0 Å². The monoisotopic (exact) mass is 554 g/mol. The van der Waals surface area contributed by atoms with Crippen LogP contribution in [0, 0.1) is 0 Å². The average Bonchev–Trinajstić information content (AvgIpc) is 2.02. The largest absolute Gasteiger partial charge is 2.00 e. The minimum atomic E-state index is -0.0150. The predicted molar refractivity (Wildman–Crippen MR) is 113 cm³/mol. The summed E-state index contributed by atoms with van der Waals surface area (Å²) >= 11 is 0. The molecule has 7 heteroatoms. The van der Waals surface area contributed by atoms with E-state index in [0.29, 0.717) is 0 Å². The molecular weight excluding hydrogens is 512 g/mol. The van der Waals surface area contributed by atoms with Gasteiger partial charge in [-0.1, -0.05) is 94.8 Å². The van der Waals surface area contributed by atoms with Gasteiger partial charge in [-0.2, -0.15) is 0 Å². The number of aliphatic imine (C=N–C) groups is 2. The maximum Gasteiger partial charge on any atom is 0 e. The van der Waals surface area contributed by atoms with Crippen LogP contribution in [0.25, 0.3) is 10.6 Å². The van der Waals surface area contributed by atoms with Gasteiger partial charge in [0.05, 0.1) is 0 Å². The fourth-order valence-electron chi connectivity index (χ4n) is 1.99. The first-order valence-corrected chi connectivity index (χ1v) is 8.79. The van der Waals surface area contributed by atoms with Crippen LogP contribution in [0.2, 0.25) is 0 Å². The van der Waals surface area contributed by atoms with Gasteiger partial charge in [0, 0.05) is 21.1 Å². The van der Waals surface area contributed by atoms with Crippen molar-refractivity contribution in [3.63, 3.8) is 0 Å². The van der Waals surface area contributed by atoms with Gasteiger partial charge < -0.3 is 31.6 Å². The topological polar surface area (TPSA) is 110 Å². The summed E-state index contributed by atoms with van der Waals surface area (Å²) in [4.78, 5) is 8.89.